The Morgan fingerprint density at radius 1 is 1.12 bits per heavy atom. The average molecular weight is 435 g/mol. The van der Waals surface area contributed by atoms with Gasteiger partial charge in [0.1, 0.15) is 35.2 Å². The van der Waals surface area contributed by atoms with Gasteiger partial charge in [0.05, 0.1) is 30.7 Å². The zero-order valence-corrected chi connectivity index (χ0v) is 17.2. The molecular weight excluding hydrogens is 413 g/mol. The van der Waals surface area contributed by atoms with Crippen LogP contribution in [-0.4, -0.2) is 44.2 Å². The molecule has 1 saturated heterocycles. The van der Waals surface area contributed by atoms with Crippen LogP contribution in [0.15, 0.2) is 54.9 Å². The summed E-state index contributed by atoms with van der Waals surface area (Å²) in [6.07, 6.45) is 2.63. The Kier molecular flexibility index (Phi) is 5.42. The van der Waals surface area contributed by atoms with Crippen LogP contribution >= 0.6 is 0 Å². The Balaban J connectivity index is 1.53. The second-order valence-electron chi connectivity index (χ2n) is 7.68. The minimum atomic E-state index is -0.492. The molecule has 0 amide bonds. The van der Waals surface area contributed by atoms with Gasteiger partial charge < -0.3 is 20.3 Å². The van der Waals surface area contributed by atoms with Crippen molar-refractivity contribution in [1.29, 1.82) is 0 Å². The van der Waals surface area contributed by atoms with Gasteiger partial charge in [-0.1, -0.05) is 18.2 Å². The molecule has 1 aliphatic rings. The lowest BCUT2D eigenvalue weighted by Gasteiger charge is -2.28. The molecule has 0 saturated carbocycles. The molecule has 2 unspecified atom stereocenters. The number of nitrogens with two attached hydrogens (primary N) is 1. The largest absolute Gasteiger partial charge is 0.457 e. The summed E-state index contributed by atoms with van der Waals surface area (Å²) < 4.78 is 28.3. The lowest BCUT2D eigenvalue weighted by molar-refractivity contribution is -0.0403. The first-order valence-corrected chi connectivity index (χ1v) is 10.4. The number of hydrogen-bond donors (Lipinski definition) is 2. The van der Waals surface area contributed by atoms with Crippen LogP contribution in [0.5, 0.6) is 11.5 Å². The maximum Gasteiger partial charge on any atom is 0.164 e. The number of aliphatic hydroxyl groups is 1. The van der Waals surface area contributed by atoms with E-state index in [1.807, 2.05) is 18.2 Å². The Bertz CT molecular complexity index is 1240. The van der Waals surface area contributed by atoms with Crippen molar-refractivity contribution in [2.24, 2.45) is 0 Å². The number of aliphatic hydroxyl groups excluding tert-OH is 1. The van der Waals surface area contributed by atoms with Gasteiger partial charge in [0, 0.05) is 11.6 Å². The predicted octanol–water partition coefficient (Wildman–Crippen LogP) is 3.72. The molecule has 2 atom stereocenters. The number of fused-ring (bicyclic) bond motifs is 1. The lowest BCUT2D eigenvalue weighted by Crippen LogP contribution is -2.30. The van der Waals surface area contributed by atoms with Crippen molar-refractivity contribution in [3.05, 3.63) is 60.7 Å². The van der Waals surface area contributed by atoms with E-state index in [2.05, 4.69) is 15.1 Å². The molecule has 0 bridgehead atoms. The minimum absolute atomic E-state index is 0.0183. The zero-order valence-electron chi connectivity index (χ0n) is 17.2. The third-order valence-electron chi connectivity index (χ3n) is 5.59. The van der Waals surface area contributed by atoms with E-state index >= 15 is 4.39 Å². The first-order chi connectivity index (χ1) is 15.6. The summed E-state index contributed by atoms with van der Waals surface area (Å²) in [5.74, 6) is 0.727. The fourth-order valence-corrected chi connectivity index (χ4v) is 3.94. The van der Waals surface area contributed by atoms with E-state index in [4.69, 9.17) is 15.2 Å². The highest BCUT2D eigenvalue weighted by Crippen LogP contribution is 2.36. The van der Waals surface area contributed by atoms with Gasteiger partial charge in [0.15, 0.2) is 5.65 Å². The topological polar surface area (TPSA) is 108 Å². The Morgan fingerprint density at radius 3 is 2.69 bits per heavy atom. The molecule has 5 rings (SSSR count). The molecule has 2 aromatic heterocycles. The zero-order chi connectivity index (χ0) is 22.1. The fraction of sp³-hybridized carbons (Fsp3) is 0.261. The van der Waals surface area contributed by atoms with Gasteiger partial charge in [-0.15, -0.1) is 0 Å². The standard InChI is InChI=1S/C23H22FN5O3/c24-19-10-16(32-15-4-2-1-3-5-15)8-9-18(19)21-20-22(25)26-13-27-23(20)29(28-21)14-6-7-17(11-30)31-12-14/h1-5,8-10,13-14,17,30H,6-7,11-12H2,(H2,25,26,27). The molecule has 0 spiro atoms. The first-order valence-electron chi connectivity index (χ1n) is 10.4. The van der Waals surface area contributed by atoms with Crippen molar-refractivity contribution >= 4 is 16.9 Å². The highest BCUT2D eigenvalue weighted by atomic mass is 19.1. The number of benzene rings is 2. The Hall–Kier alpha value is -3.56. The van der Waals surface area contributed by atoms with Gasteiger partial charge in [0.25, 0.3) is 0 Å². The first kappa shape index (κ1) is 20.3. The summed E-state index contributed by atoms with van der Waals surface area (Å²) in [5.41, 5.74) is 7.31. The monoisotopic (exact) mass is 435 g/mol. The quantitative estimate of drug-likeness (QED) is 0.492. The van der Waals surface area contributed by atoms with Crippen LogP contribution < -0.4 is 10.5 Å². The highest BCUT2D eigenvalue weighted by Gasteiger charge is 2.28. The summed E-state index contributed by atoms with van der Waals surface area (Å²) in [4.78, 5) is 8.45. The summed E-state index contributed by atoms with van der Waals surface area (Å²) in [6, 6.07) is 13.7. The molecule has 4 aromatic rings. The van der Waals surface area contributed by atoms with Crippen LogP contribution in [0.25, 0.3) is 22.3 Å². The van der Waals surface area contributed by atoms with E-state index in [9.17, 15) is 5.11 Å². The number of anilines is 1. The molecule has 32 heavy (non-hydrogen) atoms. The summed E-state index contributed by atoms with van der Waals surface area (Å²) in [6.45, 7) is 0.354. The number of halogens is 1. The summed E-state index contributed by atoms with van der Waals surface area (Å²) in [5, 5.41) is 14.5. The molecule has 9 heteroatoms. The SMILES string of the molecule is Nc1ncnc2c1c(-c1ccc(Oc3ccccc3)cc1F)nn2C1CCC(CO)OC1. The Labute approximate surface area is 183 Å². The van der Waals surface area contributed by atoms with Crippen molar-refractivity contribution in [3.8, 4) is 22.8 Å². The molecule has 3 heterocycles. The smallest absolute Gasteiger partial charge is 0.164 e. The van der Waals surface area contributed by atoms with Gasteiger partial charge in [-0.3, -0.25) is 0 Å². The van der Waals surface area contributed by atoms with Crippen LogP contribution in [-0.2, 0) is 4.74 Å². The summed E-state index contributed by atoms with van der Waals surface area (Å²) in [7, 11) is 0. The molecular formula is C23H22FN5O3. The van der Waals surface area contributed by atoms with Gasteiger partial charge >= 0.3 is 0 Å². The molecule has 8 nitrogen and oxygen atoms in total. The number of aromatic nitrogens is 4. The third kappa shape index (κ3) is 3.76. The number of ether oxygens (including phenoxy) is 2. The van der Waals surface area contributed by atoms with Gasteiger partial charge in [-0.2, -0.15) is 5.10 Å². The molecule has 3 N–H and O–H groups in total. The number of rotatable bonds is 5. The number of hydrogen-bond acceptors (Lipinski definition) is 7. The van der Waals surface area contributed by atoms with Crippen LogP contribution in [0, 0.1) is 5.82 Å². The lowest BCUT2D eigenvalue weighted by atomic mass is 10.1. The van der Waals surface area contributed by atoms with Crippen molar-refractivity contribution in [3.63, 3.8) is 0 Å². The molecule has 164 valence electrons. The van der Waals surface area contributed by atoms with E-state index in [0.717, 1.165) is 6.42 Å². The summed E-state index contributed by atoms with van der Waals surface area (Å²) >= 11 is 0. The molecule has 2 aromatic carbocycles. The Morgan fingerprint density at radius 2 is 1.97 bits per heavy atom. The van der Waals surface area contributed by atoms with E-state index in [0.29, 0.717) is 41.3 Å². The van der Waals surface area contributed by atoms with Crippen molar-refractivity contribution in [1.82, 2.24) is 19.7 Å². The van der Waals surface area contributed by atoms with Crippen molar-refractivity contribution < 1.29 is 19.0 Å². The molecule has 1 fully saturated rings. The molecule has 0 radical (unpaired) electrons. The van der Waals surface area contributed by atoms with Gasteiger partial charge in [-0.05, 0) is 37.1 Å². The minimum Gasteiger partial charge on any atom is -0.457 e. The number of nitrogens with zero attached hydrogens (tertiary/aromatic N) is 4. The van der Waals surface area contributed by atoms with Gasteiger partial charge in [0.2, 0.25) is 0 Å². The number of nitrogen functional groups attached to an aromatic ring is 1. The normalized spacial score (nSPS) is 18.7. The van der Waals surface area contributed by atoms with Crippen LogP contribution in [0.2, 0.25) is 0 Å². The molecule has 1 aliphatic heterocycles. The fourth-order valence-electron chi connectivity index (χ4n) is 3.94. The molecule has 0 aliphatic carbocycles. The van der Waals surface area contributed by atoms with E-state index in [-0.39, 0.29) is 30.1 Å². The third-order valence-corrected chi connectivity index (χ3v) is 5.59. The number of para-hydroxylation sites is 1. The maximum absolute atomic E-state index is 15.2. The van der Waals surface area contributed by atoms with E-state index < -0.39 is 5.82 Å². The average Bonchev–Trinajstić information content (AvgIpc) is 3.21. The van der Waals surface area contributed by atoms with Crippen LogP contribution in [0.3, 0.4) is 0 Å². The highest BCUT2D eigenvalue weighted by molar-refractivity contribution is 5.98. The van der Waals surface area contributed by atoms with Crippen LogP contribution in [0.1, 0.15) is 18.9 Å². The maximum atomic E-state index is 15.2. The second kappa shape index (κ2) is 8.52. The van der Waals surface area contributed by atoms with Crippen LogP contribution in [0.4, 0.5) is 10.2 Å². The second-order valence-corrected chi connectivity index (χ2v) is 7.68. The van der Waals surface area contributed by atoms with E-state index in [1.165, 1.54) is 12.4 Å². The van der Waals surface area contributed by atoms with Gasteiger partial charge in [-0.25, -0.2) is 19.0 Å². The van der Waals surface area contributed by atoms with E-state index in [1.54, 1.807) is 28.9 Å². The van der Waals surface area contributed by atoms with Crippen molar-refractivity contribution in [2.45, 2.75) is 25.0 Å². The van der Waals surface area contributed by atoms with Crippen molar-refractivity contribution in [2.75, 3.05) is 18.9 Å². The predicted molar refractivity (Wildman–Crippen MR) is 117 cm³/mol.